The highest BCUT2D eigenvalue weighted by Gasteiger charge is 2.21. The topological polar surface area (TPSA) is 89.6 Å². The van der Waals surface area contributed by atoms with Crippen LogP contribution in [0, 0.1) is 6.92 Å². The number of nitrogens with zero attached hydrogens (tertiary/aromatic N) is 3. The van der Waals surface area contributed by atoms with Crippen LogP contribution in [-0.2, 0) is 4.84 Å². The fourth-order valence-corrected chi connectivity index (χ4v) is 2.70. The van der Waals surface area contributed by atoms with Crippen LogP contribution in [0.3, 0.4) is 0 Å². The van der Waals surface area contributed by atoms with Gasteiger partial charge in [-0.25, -0.2) is 4.79 Å². The number of pyridine rings is 1. The second kappa shape index (κ2) is 7.99. The van der Waals surface area contributed by atoms with Crippen LogP contribution in [0.15, 0.2) is 52.3 Å². The van der Waals surface area contributed by atoms with Crippen molar-refractivity contribution in [3.63, 3.8) is 0 Å². The maximum absolute atomic E-state index is 12.0. The van der Waals surface area contributed by atoms with E-state index in [0.717, 1.165) is 0 Å². The highest BCUT2D eigenvalue weighted by molar-refractivity contribution is 6.39. The number of anilines is 1. The number of amides is 1. The molecule has 0 radical (unpaired) electrons. The molecule has 3 aromatic rings. The lowest BCUT2D eigenvalue weighted by molar-refractivity contribution is 0.167. The lowest BCUT2D eigenvalue weighted by atomic mass is 10.1. The summed E-state index contributed by atoms with van der Waals surface area (Å²) in [7, 11) is 0. The van der Waals surface area contributed by atoms with Gasteiger partial charge in [0, 0.05) is 11.8 Å². The molecular formula is C17H12Cl2N4O3. The molecule has 0 saturated heterocycles. The van der Waals surface area contributed by atoms with Gasteiger partial charge in [-0.1, -0.05) is 45.6 Å². The number of rotatable bonds is 4. The third-order valence-corrected chi connectivity index (χ3v) is 3.93. The summed E-state index contributed by atoms with van der Waals surface area (Å²) in [5.41, 5.74) is 1.58. The van der Waals surface area contributed by atoms with Gasteiger partial charge in [0.15, 0.2) is 5.76 Å². The molecule has 1 amide bonds. The first kappa shape index (κ1) is 17.9. The van der Waals surface area contributed by atoms with Crippen molar-refractivity contribution >= 4 is 41.2 Å². The van der Waals surface area contributed by atoms with E-state index in [4.69, 9.17) is 32.6 Å². The number of aryl methyl sites for hydroxylation is 1. The van der Waals surface area contributed by atoms with Gasteiger partial charge in [0.2, 0.25) is 0 Å². The van der Waals surface area contributed by atoms with Crippen molar-refractivity contribution in [2.75, 3.05) is 5.32 Å². The van der Waals surface area contributed by atoms with Crippen molar-refractivity contribution in [1.29, 1.82) is 0 Å². The molecule has 0 unspecified atom stereocenters. The standard InChI is InChI=1S/C17H12Cl2N4O3/c1-10-15(16(23-25-10)14-12(18)6-4-7-13(14)19)22-17(24)26-21-9-11-5-2-3-8-20-11/h2-9H,1H3,(H,22,24)/b21-9-. The number of hydrogen-bond acceptors (Lipinski definition) is 6. The molecule has 0 atom stereocenters. The molecule has 0 aliphatic heterocycles. The van der Waals surface area contributed by atoms with Gasteiger partial charge in [-0.15, -0.1) is 0 Å². The van der Waals surface area contributed by atoms with Gasteiger partial charge in [-0.3, -0.25) is 15.1 Å². The van der Waals surface area contributed by atoms with Crippen molar-refractivity contribution in [1.82, 2.24) is 10.1 Å². The van der Waals surface area contributed by atoms with E-state index in [1.807, 2.05) is 0 Å². The van der Waals surface area contributed by atoms with Gasteiger partial charge in [0.1, 0.15) is 11.4 Å². The van der Waals surface area contributed by atoms with Gasteiger partial charge in [-0.2, -0.15) is 0 Å². The number of halogens is 2. The Bertz CT molecular complexity index is 938. The summed E-state index contributed by atoms with van der Waals surface area (Å²) in [6.45, 7) is 1.63. The molecule has 0 saturated carbocycles. The number of carbonyl (C=O) groups excluding carboxylic acids is 1. The molecule has 2 aromatic heterocycles. The van der Waals surface area contributed by atoms with E-state index < -0.39 is 6.09 Å². The number of carbonyl (C=O) groups is 1. The quantitative estimate of drug-likeness (QED) is 0.387. The molecule has 2 heterocycles. The van der Waals surface area contributed by atoms with E-state index in [-0.39, 0.29) is 5.69 Å². The second-order valence-electron chi connectivity index (χ2n) is 5.05. The average molecular weight is 391 g/mol. The molecule has 26 heavy (non-hydrogen) atoms. The average Bonchev–Trinajstić information content (AvgIpc) is 2.96. The monoisotopic (exact) mass is 390 g/mol. The third kappa shape index (κ3) is 4.01. The zero-order valence-corrected chi connectivity index (χ0v) is 15.0. The molecular weight excluding hydrogens is 379 g/mol. The Morgan fingerprint density at radius 1 is 1.23 bits per heavy atom. The predicted octanol–water partition coefficient (Wildman–Crippen LogP) is 4.93. The van der Waals surface area contributed by atoms with Gasteiger partial charge >= 0.3 is 6.09 Å². The highest BCUT2D eigenvalue weighted by atomic mass is 35.5. The minimum absolute atomic E-state index is 0.290. The lowest BCUT2D eigenvalue weighted by Crippen LogP contribution is -2.12. The van der Waals surface area contributed by atoms with Crippen LogP contribution in [0.1, 0.15) is 11.5 Å². The van der Waals surface area contributed by atoms with E-state index in [2.05, 4.69) is 20.6 Å². The molecule has 0 spiro atoms. The normalized spacial score (nSPS) is 10.9. The summed E-state index contributed by atoms with van der Waals surface area (Å²) >= 11 is 12.4. The Labute approximate surface area is 158 Å². The smallest absolute Gasteiger partial charge is 0.359 e. The zero-order chi connectivity index (χ0) is 18.5. The van der Waals surface area contributed by atoms with Crippen LogP contribution in [0.4, 0.5) is 10.5 Å². The molecule has 0 fully saturated rings. The van der Waals surface area contributed by atoms with Crippen LogP contribution in [-0.4, -0.2) is 22.4 Å². The summed E-state index contributed by atoms with van der Waals surface area (Å²) in [6.07, 6.45) is 2.08. The van der Waals surface area contributed by atoms with E-state index in [1.165, 1.54) is 6.21 Å². The molecule has 132 valence electrons. The first-order valence-electron chi connectivity index (χ1n) is 7.39. The molecule has 7 nitrogen and oxygen atoms in total. The predicted molar refractivity (Wildman–Crippen MR) is 98.6 cm³/mol. The van der Waals surface area contributed by atoms with Crippen molar-refractivity contribution < 1.29 is 14.2 Å². The molecule has 0 aliphatic carbocycles. The minimum Gasteiger partial charge on any atom is -0.359 e. The van der Waals surface area contributed by atoms with Gasteiger partial charge in [-0.05, 0) is 31.2 Å². The summed E-state index contributed by atoms with van der Waals surface area (Å²) in [4.78, 5) is 20.8. The number of aromatic nitrogens is 2. The number of hydrogen-bond donors (Lipinski definition) is 1. The Kier molecular flexibility index (Phi) is 5.50. The van der Waals surface area contributed by atoms with E-state index in [9.17, 15) is 4.79 Å². The Hall–Kier alpha value is -2.90. The molecule has 9 heteroatoms. The van der Waals surface area contributed by atoms with Crippen LogP contribution < -0.4 is 5.32 Å². The number of benzene rings is 1. The fraction of sp³-hybridized carbons (Fsp3) is 0.0588. The molecule has 0 aliphatic rings. The second-order valence-corrected chi connectivity index (χ2v) is 5.87. The Morgan fingerprint density at radius 3 is 2.69 bits per heavy atom. The summed E-state index contributed by atoms with van der Waals surface area (Å²) in [5.74, 6) is 0.363. The zero-order valence-electron chi connectivity index (χ0n) is 13.4. The van der Waals surface area contributed by atoms with Crippen LogP contribution >= 0.6 is 23.2 Å². The molecule has 3 rings (SSSR count). The van der Waals surface area contributed by atoms with Crippen molar-refractivity contribution in [3.8, 4) is 11.3 Å². The highest BCUT2D eigenvalue weighted by Crippen LogP contribution is 2.39. The molecule has 0 bridgehead atoms. The van der Waals surface area contributed by atoms with Crippen LogP contribution in [0.5, 0.6) is 0 Å². The van der Waals surface area contributed by atoms with Gasteiger partial charge in [0.25, 0.3) is 0 Å². The summed E-state index contributed by atoms with van der Waals surface area (Å²) in [6, 6.07) is 10.3. The van der Waals surface area contributed by atoms with Crippen LogP contribution in [0.2, 0.25) is 10.0 Å². The van der Waals surface area contributed by atoms with Gasteiger partial charge < -0.3 is 4.52 Å². The Balaban J connectivity index is 1.77. The molecule has 1 aromatic carbocycles. The third-order valence-electron chi connectivity index (χ3n) is 3.30. The summed E-state index contributed by atoms with van der Waals surface area (Å²) in [5, 5.41) is 10.8. The van der Waals surface area contributed by atoms with Crippen LogP contribution in [0.25, 0.3) is 11.3 Å². The maximum Gasteiger partial charge on any atom is 0.438 e. The van der Waals surface area contributed by atoms with E-state index >= 15 is 0 Å². The van der Waals surface area contributed by atoms with Crippen molar-refractivity contribution in [2.45, 2.75) is 6.92 Å². The van der Waals surface area contributed by atoms with E-state index in [0.29, 0.717) is 32.8 Å². The fourth-order valence-electron chi connectivity index (χ4n) is 2.12. The van der Waals surface area contributed by atoms with E-state index in [1.54, 1.807) is 49.5 Å². The lowest BCUT2D eigenvalue weighted by Gasteiger charge is -2.07. The number of oxime groups is 1. The Morgan fingerprint density at radius 2 is 2.00 bits per heavy atom. The first-order valence-corrected chi connectivity index (χ1v) is 8.15. The minimum atomic E-state index is -0.826. The number of nitrogens with one attached hydrogen (secondary N) is 1. The van der Waals surface area contributed by atoms with Gasteiger partial charge in [0.05, 0.1) is 22.0 Å². The van der Waals surface area contributed by atoms with Crippen molar-refractivity contribution in [3.05, 3.63) is 64.1 Å². The SMILES string of the molecule is Cc1onc(-c2c(Cl)cccc2Cl)c1NC(=O)O/N=C\c1ccccn1. The maximum atomic E-state index is 12.0. The van der Waals surface area contributed by atoms with Crippen molar-refractivity contribution in [2.24, 2.45) is 5.16 Å². The largest absolute Gasteiger partial charge is 0.438 e. The summed E-state index contributed by atoms with van der Waals surface area (Å²) < 4.78 is 5.15. The first-order chi connectivity index (χ1) is 12.6. The molecule has 1 N–H and O–H groups in total.